The van der Waals surface area contributed by atoms with Crippen molar-refractivity contribution in [3.8, 4) is 17.2 Å². The molecule has 0 amide bonds. The number of ketones is 1. The van der Waals surface area contributed by atoms with Gasteiger partial charge in [0.2, 0.25) is 6.79 Å². The molecule has 8 heteroatoms. The van der Waals surface area contributed by atoms with E-state index in [1.165, 1.54) is 4.88 Å². The maximum Gasteiger partial charge on any atom is 0.336 e. The Hall–Kier alpha value is -4.04. The second-order valence-electron chi connectivity index (χ2n) is 9.44. The van der Waals surface area contributed by atoms with E-state index in [1.54, 1.807) is 11.3 Å². The Morgan fingerprint density at radius 2 is 1.87 bits per heavy atom. The van der Waals surface area contributed by atoms with Crippen LogP contribution >= 0.6 is 11.3 Å². The molecule has 2 atom stereocenters. The third kappa shape index (κ3) is 4.67. The fourth-order valence-electron chi connectivity index (χ4n) is 5.35. The minimum Gasteiger partial charge on any atom is -0.490 e. The van der Waals surface area contributed by atoms with Gasteiger partial charge >= 0.3 is 5.97 Å². The number of carbonyl (C=O) groups excluding carboxylic acids is 2. The highest BCUT2D eigenvalue weighted by Crippen LogP contribution is 2.47. The van der Waals surface area contributed by atoms with Gasteiger partial charge in [0.25, 0.3) is 0 Å². The van der Waals surface area contributed by atoms with Crippen LogP contribution in [-0.2, 0) is 14.3 Å². The molecule has 3 aliphatic rings. The SMILES string of the molecule is CC1=C(C(=O)OCCOc2ccccc2)[C@H](c2ccc3c(c2)OCO3)C2=C(C[C@@H](c3cccs3)CC2=O)N1. The first-order chi connectivity index (χ1) is 18.6. The highest BCUT2D eigenvalue weighted by Gasteiger charge is 2.42. The molecule has 0 bridgehead atoms. The number of fused-ring (bicyclic) bond motifs is 1. The lowest BCUT2D eigenvalue weighted by atomic mass is 9.72. The van der Waals surface area contributed by atoms with E-state index in [0.29, 0.717) is 46.9 Å². The lowest BCUT2D eigenvalue weighted by Crippen LogP contribution is -2.36. The van der Waals surface area contributed by atoms with Crippen LogP contribution in [-0.4, -0.2) is 31.8 Å². The van der Waals surface area contributed by atoms with Crippen LogP contribution in [0.25, 0.3) is 0 Å². The van der Waals surface area contributed by atoms with Crippen molar-refractivity contribution < 1.29 is 28.5 Å². The van der Waals surface area contributed by atoms with E-state index in [1.807, 2.05) is 66.9 Å². The van der Waals surface area contributed by atoms with Crippen molar-refractivity contribution >= 4 is 23.1 Å². The van der Waals surface area contributed by atoms with E-state index in [9.17, 15) is 9.59 Å². The Kier molecular flexibility index (Phi) is 6.64. The third-order valence-electron chi connectivity index (χ3n) is 7.05. The fraction of sp³-hybridized carbons (Fsp3) is 0.267. The zero-order valence-electron chi connectivity index (χ0n) is 20.9. The van der Waals surface area contributed by atoms with Crippen molar-refractivity contribution in [3.05, 3.63) is 99.0 Å². The average Bonchev–Trinajstić information content (AvgIpc) is 3.63. The van der Waals surface area contributed by atoms with Gasteiger partial charge < -0.3 is 24.3 Å². The summed E-state index contributed by atoms with van der Waals surface area (Å²) in [6.07, 6.45) is 1.10. The van der Waals surface area contributed by atoms with Crippen molar-refractivity contribution in [2.75, 3.05) is 20.0 Å². The number of benzene rings is 2. The van der Waals surface area contributed by atoms with E-state index >= 15 is 0 Å². The number of dihydropyridines is 1. The number of esters is 1. The zero-order valence-corrected chi connectivity index (χ0v) is 21.7. The summed E-state index contributed by atoms with van der Waals surface area (Å²) in [5.74, 6) is 1.05. The molecule has 0 spiro atoms. The summed E-state index contributed by atoms with van der Waals surface area (Å²) in [5.41, 5.74) is 3.38. The first-order valence-electron chi connectivity index (χ1n) is 12.6. The third-order valence-corrected chi connectivity index (χ3v) is 8.09. The predicted octanol–water partition coefficient (Wildman–Crippen LogP) is 5.46. The van der Waals surface area contributed by atoms with Gasteiger partial charge in [-0.1, -0.05) is 30.3 Å². The number of nitrogens with one attached hydrogen (secondary N) is 1. The number of rotatable bonds is 7. The van der Waals surface area contributed by atoms with Crippen LogP contribution in [0, 0.1) is 0 Å². The van der Waals surface area contributed by atoms with Gasteiger partial charge in [0, 0.05) is 40.1 Å². The van der Waals surface area contributed by atoms with Gasteiger partial charge in [-0.05, 0) is 54.6 Å². The maximum absolute atomic E-state index is 13.7. The van der Waals surface area contributed by atoms with Crippen LogP contribution in [0.15, 0.2) is 88.6 Å². The Labute approximate surface area is 224 Å². The quantitative estimate of drug-likeness (QED) is 0.321. The normalized spacial score (nSPS) is 20.2. The molecule has 2 aromatic carbocycles. The molecule has 1 aromatic heterocycles. The molecule has 0 saturated heterocycles. The standard InChI is InChI=1S/C30H27NO6S/c1-18-27(30(33)35-12-11-34-21-6-3-2-4-7-21)28(19-9-10-24-25(16-19)37-17-36-24)29-22(31-18)14-20(15-23(29)32)26-8-5-13-38-26/h2-10,13,16,20,28,31H,11-12,14-15,17H2,1H3/t20-,28+/m1/s1. The molecule has 1 N–H and O–H groups in total. The first kappa shape index (κ1) is 24.3. The van der Waals surface area contributed by atoms with E-state index in [2.05, 4.69) is 11.4 Å². The van der Waals surface area contributed by atoms with Crippen molar-refractivity contribution in [2.45, 2.75) is 31.6 Å². The van der Waals surface area contributed by atoms with E-state index < -0.39 is 11.9 Å². The molecule has 194 valence electrons. The second-order valence-corrected chi connectivity index (χ2v) is 10.4. The van der Waals surface area contributed by atoms with Crippen LogP contribution in [0.2, 0.25) is 0 Å². The monoisotopic (exact) mass is 529 g/mol. The Morgan fingerprint density at radius 3 is 2.68 bits per heavy atom. The Balaban J connectivity index is 1.29. The van der Waals surface area contributed by atoms with Crippen LogP contribution < -0.4 is 19.5 Å². The molecule has 3 aromatic rings. The summed E-state index contributed by atoms with van der Waals surface area (Å²) in [4.78, 5) is 28.4. The van der Waals surface area contributed by atoms with Crippen LogP contribution in [0.3, 0.4) is 0 Å². The van der Waals surface area contributed by atoms with Gasteiger partial charge in [-0.2, -0.15) is 0 Å². The van der Waals surface area contributed by atoms with Gasteiger partial charge in [0.05, 0.1) is 5.57 Å². The number of allylic oxidation sites excluding steroid dienone is 3. The summed E-state index contributed by atoms with van der Waals surface area (Å²) < 4.78 is 22.5. The highest BCUT2D eigenvalue weighted by molar-refractivity contribution is 7.10. The molecule has 0 fully saturated rings. The molecule has 3 heterocycles. The number of ether oxygens (including phenoxy) is 4. The van der Waals surface area contributed by atoms with Gasteiger partial charge in [-0.15, -0.1) is 11.3 Å². The summed E-state index contributed by atoms with van der Waals surface area (Å²) in [7, 11) is 0. The summed E-state index contributed by atoms with van der Waals surface area (Å²) in [6.45, 7) is 2.31. The number of carbonyl (C=O) groups is 2. The van der Waals surface area contributed by atoms with Crippen molar-refractivity contribution in [3.63, 3.8) is 0 Å². The molecular formula is C30H27NO6S. The topological polar surface area (TPSA) is 83.1 Å². The lowest BCUT2D eigenvalue weighted by Gasteiger charge is -2.36. The van der Waals surface area contributed by atoms with Crippen LogP contribution in [0.4, 0.5) is 0 Å². The van der Waals surface area contributed by atoms with Gasteiger partial charge in [0.1, 0.15) is 19.0 Å². The molecule has 6 rings (SSSR count). The van der Waals surface area contributed by atoms with E-state index in [4.69, 9.17) is 18.9 Å². The predicted molar refractivity (Wildman–Crippen MR) is 142 cm³/mol. The molecule has 0 saturated carbocycles. The number of para-hydroxylation sites is 1. The Morgan fingerprint density at radius 1 is 1.03 bits per heavy atom. The number of Topliss-reactive ketones (excluding diaryl/α,β-unsaturated/α-hetero) is 1. The number of hydrogen-bond donors (Lipinski definition) is 1. The van der Waals surface area contributed by atoms with Crippen molar-refractivity contribution in [1.29, 1.82) is 0 Å². The van der Waals surface area contributed by atoms with Gasteiger partial charge in [-0.3, -0.25) is 4.79 Å². The zero-order chi connectivity index (χ0) is 26.1. The van der Waals surface area contributed by atoms with Crippen LogP contribution in [0.1, 0.15) is 42.0 Å². The Bertz CT molecular complexity index is 1430. The highest BCUT2D eigenvalue weighted by atomic mass is 32.1. The largest absolute Gasteiger partial charge is 0.490 e. The molecule has 38 heavy (non-hydrogen) atoms. The van der Waals surface area contributed by atoms with E-state index in [-0.39, 0.29) is 31.7 Å². The lowest BCUT2D eigenvalue weighted by molar-refractivity contribution is -0.140. The minimum absolute atomic E-state index is 0.0324. The van der Waals surface area contributed by atoms with Crippen LogP contribution in [0.5, 0.6) is 17.2 Å². The molecule has 2 aliphatic heterocycles. The molecule has 7 nitrogen and oxygen atoms in total. The maximum atomic E-state index is 13.7. The van der Waals surface area contributed by atoms with Gasteiger partial charge in [0.15, 0.2) is 17.3 Å². The minimum atomic E-state index is -0.569. The average molecular weight is 530 g/mol. The van der Waals surface area contributed by atoms with E-state index in [0.717, 1.165) is 11.3 Å². The van der Waals surface area contributed by atoms with Gasteiger partial charge in [-0.25, -0.2) is 4.79 Å². The summed E-state index contributed by atoms with van der Waals surface area (Å²) >= 11 is 1.67. The smallest absolute Gasteiger partial charge is 0.336 e. The first-order valence-corrected chi connectivity index (χ1v) is 13.5. The fourth-order valence-corrected chi connectivity index (χ4v) is 6.18. The molecular weight excluding hydrogens is 502 g/mol. The molecule has 1 aliphatic carbocycles. The summed E-state index contributed by atoms with van der Waals surface area (Å²) in [6, 6.07) is 19.0. The molecule has 0 unspecified atom stereocenters. The van der Waals surface area contributed by atoms with Crippen molar-refractivity contribution in [1.82, 2.24) is 5.32 Å². The second kappa shape index (κ2) is 10.4. The summed E-state index contributed by atoms with van der Waals surface area (Å²) in [5, 5.41) is 5.43. The molecule has 0 radical (unpaired) electrons. The number of hydrogen-bond acceptors (Lipinski definition) is 8. The number of thiophene rings is 1. The van der Waals surface area contributed by atoms with Crippen molar-refractivity contribution in [2.24, 2.45) is 0 Å².